The lowest BCUT2D eigenvalue weighted by atomic mass is 9.97. The molecule has 0 bridgehead atoms. The summed E-state index contributed by atoms with van der Waals surface area (Å²) >= 11 is 0. The lowest BCUT2D eigenvalue weighted by molar-refractivity contribution is -0.137. The Bertz CT molecular complexity index is 473. The summed E-state index contributed by atoms with van der Waals surface area (Å²) in [6.45, 7) is 2.95. The van der Waals surface area contributed by atoms with Crippen molar-refractivity contribution >= 4 is 36.7 Å². The number of anilines is 1. The second-order valence-electron chi connectivity index (χ2n) is 5.69. The Morgan fingerprint density at radius 2 is 1.59 bits per heavy atom. The lowest BCUT2D eigenvalue weighted by Crippen LogP contribution is -2.58. The Kier molecular flexibility index (Phi) is 6.84. The maximum atomic E-state index is 12.5. The van der Waals surface area contributed by atoms with E-state index in [1.165, 1.54) is 0 Å². The van der Waals surface area contributed by atoms with Crippen LogP contribution in [0.4, 0.5) is 5.95 Å². The fourth-order valence-corrected chi connectivity index (χ4v) is 3.10. The molecule has 1 aliphatic carbocycles. The van der Waals surface area contributed by atoms with Crippen molar-refractivity contribution in [3.8, 4) is 0 Å². The second-order valence-corrected chi connectivity index (χ2v) is 5.69. The zero-order valence-corrected chi connectivity index (χ0v) is 14.1. The molecule has 1 saturated heterocycles. The summed E-state index contributed by atoms with van der Waals surface area (Å²) in [6.07, 6.45) is 7.28. The maximum Gasteiger partial charge on any atom is 0.242 e. The quantitative estimate of drug-likeness (QED) is 0.870. The van der Waals surface area contributed by atoms with Gasteiger partial charge in [0, 0.05) is 38.6 Å². The number of halogens is 2. The van der Waals surface area contributed by atoms with E-state index in [4.69, 9.17) is 5.73 Å². The zero-order chi connectivity index (χ0) is 14.0. The highest BCUT2D eigenvalue weighted by Crippen LogP contribution is 2.29. The number of nitrogens with zero attached hydrogens (tertiary/aromatic N) is 4. The van der Waals surface area contributed by atoms with E-state index in [2.05, 4.69) is 14.9 Å². The molecule has 124 valence electrons. The predicted molar refractivity (Wildman–Crippen MR) is 90.7 cm³/mol. The number of hydrogen-bond acceptors (Lipinski definition) is 5. The molecule has 0 unspecified atom stereocenters. The van der Waals surface area contributed by atoms with Crippen LogP contribution in [0.2, 0.25) is 0 Å². The van der Waals surface area contributed by atoms with Crippen molar-refractivity contribution in [2.24, 2.45) is 5.73 Å². The molecule has 2 N–H and O–H groups in total. The molecule has 0 spiro atoms. The Hall–Kier alpha value is -1.11. The Morgan fingerprint density at radius 3 is 2.14 bits per heavy atom. The Morgan fingerprint density at radius 1 is 1.05 bits per heavy atom. The molecule has 1 aromatic rings. The van der Waals surface area contributed by atoms with Gasteiger partial charge < -0.3 is 15.5 Å². The molecule has 1 amide bonds. The van der Waals surface area contributed by atoms with Gasteiger partial charge in [0.15, 0.2) is 0 Å². The van der Waals surface area contributed by atoms with Gasteiger partial charge in [-0.3, -0.25) is 4.79 Å². The van der Waals surface area contributed by atoms with E-state index >= 15 is 0 Å². The van der Waals surface area contributed by atoms with Crippen LogP contribution in [0.15, 0.2) is 18.5 Å². The summed E-state index contributed by atoms with van der Waals surface area (Å²) in [7, 11) is 0. The van der Waals surface area contributed by atoms with Crippen LogP contribution in [0, 0.1) is 0 Å². The van der Waals surface area contributed by atoms with Gasteiger partial charge in [-0.15, -0.1) is 24.8 Å². The first-order chi connectivity index (χ1) is 9.69. The second kappa shape index (κ2) is 7.94. The van der Waals surface area contributed by atoms with E-state index < -0.39 is 5.54 Å². The summed E-state index contributed by atoms with van der Waals surface area (Å²) in [6, 6.07) is 1.81. The van der Waals surface area contributed by atoms with Crippen LogP contribution in [-0.2, 0) is 4.79 Å². The summed E-state index contributed by atoms with van der Waals surface area (Å²) in [4.78, 5) is 25.0. The topological polar surface area (TPSA) is 75.4 Å². The smallest absolute Gasteiger partial charge is 0.242 e. The van der Waals surface area contributed by atoms with E-state index in [1.807, 2.05) is 11.0 Å². The van der Waals surface area contributed by atoms with Crippen molar-refractivity contribution in [2.75, 3.05) is 31.1 Å². The number of rotatable bonds is 2. The molecule has 0 atom stereocenters. The van der Waals surface area contributed by atoms with Crippen LogP contribution >= 0.6 is 24.8 Å². The Labute approximate surface area is 143 Å². The first-order valence-electron chi connectivity index (χ1n) is 7.29. The molecular weight excluding hydrogens is 325 g/mol. The van der Waals surface area contributed by atoms with E-state index in [9.17, 15) is 4.79 Å². The van der Waals surface area contributed by atoms with Crippen LogP contribution in [-0.4, -0.2) is 52.5 Å². The minimum absolute atomic E-state index is 0. The third-order valence-electron chi connectivity index (χ3n) is 4.32. The van der Waals surface area contributed by atoms with Gasteiger partial charge in [-0.05, 0) is 18.9 Å². The molecule has 2 aliphatic rings. The summed E-state index contributed by atoms with van der Waals surface area (Å²) in [5, 5.41) is 0. The van der Waals surface area contributed by atoms with Crippen molar-refractivity contribution in [3.05, 3.63) is 18.5 Å². The van der Waals surface area contributed by atoms with Crippen LogP contribution in [0.3, 0.4) is 0 Å². The van der Waals surface area contributed by atoms with E-state index in [0.29, 0.717) is 13.1 Å². The van der Waals surface area contributed by atoms with Gasteiger partial charge in [-0.1, -0.05) is 12.8 Å². The SMILES string of the molecule is Cl.Cl.NC1(C(=O)N2CCN(c3ncccn3)CC2)CCCC1. The molecule has 2 fully saturated rings. The molecule has 1 aliphatic heterocycles. The summed E-state index contributed by atoms with van der Waals surface area (Å²) in [5.74, 6) is 0.867. The number of piperazine rings is 1. The number of carbonyl (C=O) groups excluding carboxylic acids is 1. The number of hydrogen-bond donors (Lipinski definition) is 1. The molecule has 3 rings (SSSR count). The lowest BCUT2D eigenvalue weighted by Gasteiger charge is -2.38. The summed E-state index contributed by atoms with van der Waals surface area (Å²) in [5.41, 5.74) is 5.64. The maximum absolute atomic E-state index is 12.5. The molecule has 6 nitrogen and oxygen atoms in total. The van der Waals surface area contributed by atoms with Crippen LogP contribution in [0.1, 0.15) is 25.7 Å². The highest BCUT2D eigenvalue weighted by atomic mass is 35.5. The molecule has 2 heterocycles. The average molecular weight is 348 g/mol. The molecule has 1 saturated carbocycles. The van der Waals surface area contributed by atoms with Crippen molar-refractivity contribution in [3.63, 3.8) is 0 Å². The number of aromatic nitrogens is 2. The van der Waals surface area contributed by atoms with Crippen LogP contribution < -0.4 is 10.6 Å². The van der Waals surface area contributed by atoms with Gasteiger partial charge in [0.2, 0.25) is 11.9 Å². The third kappa shape index (κ3) is 3.80. The minimum atomic E-state index is -0.606. The van der Waals surface area contributed by atoms with Crippen LogP contribution in [0.25, 0.3) is 0 Å². The summed E-state index contributed by atoms with van der Waals surface area (Å²) < 4.78 is 0. The van der Waals surface area contributed by atoms with Crippen molar-refractivity contribution < 1.29 is 4.79 Å². The molecule has 22 heavy (non-hydrogen) atoms. The van der Waals surface area contributed by atoms with E-state index in [-0.39, 0.29) is 30.7 Å². The van der Waals surface area contributed by atoms with Gasteiger partial charge in [0.05, 0.1) is 5.54 Å². The largest absolute Gasteiger partial charge is 0.338 e. The molecule has 0 aromatic carbocycles. The van der Waals surface area contributed by atoms with Crippen LogP contribution in [0.5, 0.6) is 0 Å². The number of carbonyl (C=O) groups is 1. The van der Waals surface area contributed by atoms with Gasteiger partial charge >= 0.3 is 0 Å². The first-order valence-corrected chi connectivity index (χ1v) is 7.29. The van der Waals surface area contributed by atoms with E-state index in [1.54, 1.807) is 12.4 Å². The van der Waals surface area contributed by atoms with Gasteiger partial charge in [-0.2, -0.15) is 0 Å². The minimum Gasteiger partial charge on any atom is -0.338 e. The number of amides is 1. The van der Waals surface area contributed by atoms with Crippen molar-refractivity contribution in [2.45, 2.75) is 31.2 Å². The van der Waals surface area contributed by atoms with Crippen molar-refractivity contribution in [1.82, 2.24) is 14.9 Å². The van der Waals surface area contributed by atoms with Crippen molar-refractivity contribution in [1.29, 1.82) is 0 Å². The molecule has 1 aromatic heterocycles. The third-order valence-corrected chi connectivity index (χ3v) is 4.32. The van der Waals surface area contributed by atoms with Gasteiger partial charge in [-0.25, -0.2) is 9.97 Å². The molecule has 8 heteroatoms. The highest BCUT2D eigenvalue weighted by molar-refractivity contribution is 5.86. The number of nitrogens with two attached hydrogens (primary N) is 1. The fourth-order valence-electron chi connectivity index (χ4n) is 3.10. The highest BCUT2D eigenvalue weighted by Gasteiger charge is 2.40. The molecular formula is C14H23Cl2N5O. The van der Waals surface area contributed by atoms with E-state index in [0.717, 1.165) is 44.7 Å². The molecule has 0 radical (unpaired) electrons. The predicted octanol–water partition coefficient (Wildman–Crippen LogP) is 1.24. The first kappa shape index (κ1) is 18.9. The normalized spacial score (nSPS) is 20.0. The Balaban J connectivity index is 0.00000121. The zero-order valence-electron chi connectivity index (χ0n) is 12.5. The van der Waals surface area contributed by atoms with Gasteiger partial charge in [0.25, 0.3) is 0 Å². The monoisotopic (exact) mass is 347 g/mol. The standard InChI is InChI=1S/C14H21N5O.2ClH/c15-14(4-1-2-5-14)12(20)18-8-10-19(11-9-18)13-16-6-3-7-17-13;;/h3,6-7H,1-2,4-5,8-11,15H2;2*1H. The van der Waals surface area contributed by atoms with Gasteiger partial charge in [0.1, 0.15) is 0 Å². The average Bonchev–Trinajstić information content (AvgIpc) is 2.96. The fraction of sp³-hybridized carbons (Fsp3) is 0.643.